The third-order valence-electron chi connectivity index (χ3n) is 9.93. The third-order valence-corrected chi connectivity index (χ3v) is 14.4. The molecule has 6 rings (SSSR count). The Balaban J connectivity index is 1.44. The van der Waals surface area contributed by atoms with Crippen LogP contribution >= 0.6 is 0 Å². The van der Waals surface area contributed by atoms with E-state index in [0.29, 0.717) is 5.78 Å². The quantitative estimate of drug-likeness (QED) is 0.130. The first-order chi connectivity index (χ1) is 23.4. The molecule has 3 heterocycles. The van der Waals surface area contributed by atoms with Crippen LogP contribution < -0.4 is 15.0 Å². The average Bonchev–Trinajstić information content (AvgIpc) is 3.71. The van der Waals surface area contributed by atoms with Gasteiger partial charge in [-0.05, 0) is 59.1 Å². The number of methoxy groups -OCH3 is 2. The van der Waals surface area contributed by atoms with Gasteiger partial charge in [0.05, 0.1) is 20.8 Å². The fourth-order valence-electron chi connectivity index (χ4n) is 6.15. The van der Waals surface area contributed by atoms with E-state index < -0.39 is 38.5 Å². The minimum absolute atomic E-state index is 0.00685. The maximum atomic E-state index is 12.6. The number of ether oxygens (including phenoxy) is 4. The summed E-state index contributed by atoms with van der Waals surface area (Å²) < 4.78 is 34.9. The molecule has 1 aliphatic heterocycles. The molecular formula is C38H45N3O7Si. The van der Waals surface area contributed by atoms with E-state index in [-0.39, 0.29) is 17.2 Å². The SMILES string of the molecule is COc1ccc(C(OC[C@H]2O[C@@H](n3ccc(=O)n4ccnc34)[C@H](O[Si](C)(C)C(C)(C)C)[C@@H]2O)(c2ccccc2)c2ccc(OC)cc2)cc1. The lowest BCUT2D eigenvalue weighted by atomic mass is 9.80. The van der Waals surface area contributed by atoms with Crippen molar-refractivity contribution in [2.24, 2.45) is 0 Å². The van der Waals surface area contributed by atoms with Crippen molar-refractivity contribution in [2.45, 2.75) is 69.0 Å². The number of benzene rings is 3. The van der Waals surface area contributed by atoms with E-state index in [2.05, 4.69) is 38.8 Å². The van der Waals surface area contributed by atoms with E-state index in [0.717, 1.165) is 28.2 Å². The van der Waals surface area contributed by atoms with Crippen molar-refractivity contribution in [3.63, 3.8) is 0 Å². The Morgan fingerprint density at radius 3 is 1.96 bits per heavy atom. The molecule has 1 fully saturated rings. The van der Waals surface area contributed by atoms with Gasteiger partial charge in [-0.25, -0.2) is 4.98 Å². The maximum Gasteiger partial charge on any atom is 0.258 e. The molecule has 5 aromatic rings. The summed E-state index contributed by atoms with van der Waals surface area (Å²) in [7, 11) is 0.851. The highest BCUT2D eigenvalue weighted by Gasteiger charge is 2.51. The molecule has 258 valence electrons. The predicted molar refractivity (Wildman–Crippen MR) is 190 cm³/mol. The lowest BCUT2D eigenvalue weighted by Crippen LogP contribution is -2.49. The number of aromatic nitrogens is 3. The normalized spacial score (nSPS) is 20.1. The smallest absolute Gasteiger partial charge is 0.258 e. The summed E-state index contributed by atoms with van der Waals surface area (Å²) in [6, 6.07) is 27.0. The van der Waals surface area contributed by atoms with Crippen molar-refractivity contribution in [1.29, 1.82) is 0 Å². The highest BCUT2D eigenvalue weighted by Crippen LogP contribution is 2.45. The van der Waals surface area contributed by atoms with E-state index in [4.69, 9.17) is 23.4 Å². The molecule has 49 heavy (non-hydrogen) atoms. The Morgan fingerprint density at radius 2 is 1.41 bits per heavy atom. The molecule has 11 heteroatoms. The molecule has 0 amide bonds. The molecule has 4 atom stereocenters. The van der Waals surface area contributed by atoms with Crippen molar-refractivity contribution >= 4 is 14.1 Å². The zero-order chi connectivity index (χ0) is 35.0. The second-order valence-electron chi connectivity index (χ2n) is 13.9. The Bertz CT molecular complexity index is 1870. The second-order valence-corrected chi connectivity index (χ2v) is 18.6. The molecule has 1 N–H and O–H groups in total. The third kappa shape index (κ3) is 6.44. The number of fused-ring (bicyclic) bond motifs is 1. The van der Waals surface area contributed by atoms with Crippen LogP contribution in [-0.2, 0) is 19.5 Å². The maximum absolute atomic E-state index is 12.6. The molecule has 0 unspecified atom stereocenters. The second kappa shape index (κ2) is 13.6. The number of rotatable bonds is 11. The Morgan fingerprint density at radius 1 is 0.837 bits per heavy atom. The van der Waals surface area contributed by atoms with Crippen molar-refractivity contribution in [3.8, 4) is 11.5 Å². The van der Waals surface area contributed by atoms with Gasteiger partial charge in [-0.1, -0.05) is 75.4 Å². The fraction of sp³-hybridized carbons (Fsp3) is 0.368. The van der Waals surface area contributed by atoms with Gasteiger partial charge in [-0.15, -0.1) is 0 Å². The number of hydrogen-bond donors (Lipinski definition) is 1. The Kier molecular flexibility index (Phi) is 9.58. The van der Waals surface area contributed by atoms with Crippen LogP contribution in [-0.4, -0.2) is 66.5 Å². The number of aliphatic hydroxyl groups excluding tert-OH is 1. The number of hydrogen-bond acceptors (Lipinski definition) is 8. The summed E-state index contributed by atoms with van der Waals surface area (Å²) in [6.45, 7) is 10.8. The van der Waals surface area contributed by atoms with Gasteiger partial charge >= 0.3 is 0 Å². The average molecular weight is 684 g/mol. The first kappa shape index (κ1) is 34.6. The summed E-state index contributed by atoms with van der Waals surface area (Å²) in [4.78, 5) is 17.1. The van der Waals surface area contributed by atoms with Gasteiger partial charge in [0.15, 0.2) is 14.5 Å². The minimum Gasteiger partial charge on any atom is -0.497 e. The molecule has 0 bridgehead atoms. The number of aliphatic hydroxyl groups is 1. The molecule has 2 aromatic heterocycles. The van der Waals surface area contributed by atoms with Gasteiger partial charge in [0.2, 0.25) is 5.78 Å². The van der Waals surface area contributed by atoms with Gasteiger partial charge in [0.1, 0.15) is 35.4 Å². The van der Waals surface area contributed by atoms with E-state index in [1.165, 1.54) is 10.5 Å². The van der Waals surface area contributed by atoms with Crippen LogP contribution in [0, 0.1) is 0 Å². The van der Waals surface area contributed by atoms with Gasteiger partial charge in [-0.3, -0.25) is 13.8 Å². The van der Waals surface area contributed by atoms with Crippen LogP contribution in [0.2, 0.25) is 18.1 Å². The first-order valence-corrected chi connectivity index (χ1v) is 19.3. The molecule has 0 radical (unpaired) electrons. The Labute approximate surface area is 288 Å². The fourth-order valence-corrected chi connectivity index (χ4v) is 7.44. The largest absolute Gasteiger partial charge is 0.497 e. The van der Waals surface area contributed by atoms with Crippen molar-refractivity contribution in [1.82, 2.24) is 14.0 Å². The van der Waals surface area contributed by atoms with Gasteiger partial charge < -0.3 is 28.5 Å². The molecule has 3 aromatic carbocycles. The zero-order valence-electron chi connectivity index (χ0n) is 29.1. The van der Waals surface area contributed by atoms with Crippen molar-refractivity contribution in [2.75, 3.05) is 20.8 Å². The minimum atomic E-state index is -2.42. The summed E-state index contributed by atoms with van der Waals surface area (Å²) in [6.07, 6.45) is 1.43. The standard InChI is InChI=1S/C38H45N3O7Si/c1-37(2,3)49(6,7)48-34-33(43)31(47-35(34)41-23-21-32(42)40-24-22-39-36(40)41)25-46-38(26-11-9-8-10-12-26,27-13-17-29(44-4)18-14-27)28-15-19-30(45-5)20-16-28/h8-24,31,33-35,43H,25H2,1-7H3/t31-,33-,34-,35-/m1/s1. The van der Waals surface area contributed by atoms with Crippen LogP contribution in [0.1, 0.15) is 43.7 Å². The summed E-state index contributed by atoms with van der Waals surface area (Å²) in [5.41, 5.74) is 1.30. The van der Waals surface area contributed by atoms with Crippen LogP contribution in [0.5, 0.6) is 11.5 Å². The first-order valence-electron chi connectivity index (χ1n) is 16.4. The summed E-state index contributed by atoms with van der Waals surface area (Å²) in [5, 5.41) is 12.0. The lowest BCUT2D eigenvalue weighted by molar-refractivity contribution is -0.0942. The number of nitrogens with zero attached hydrogens (tertiary/aromatic N) is 3. The lowest BCUT2D eigenvalue weighted by Gasteiger charge is -2.40. The number of imidazole rings is 1. The van der Waals surface area contributed by atoms with E-state index >= 15 is 0 Å². The molecule has 1 saturated heterocycles. The molecule has 0 saturated carbocycles. The Hall–Kier alpha value is -4.26. The van der Waals surface area contributed by atoms with Crippen molar-refractivity contribution in [3.05, 3.63) is 131 Å². The van der Waals surface area contributed by atoms with E-state index in [1.807, 2.05) is 78.9 Å². The van der Waals surface area contributed by atoms with Crippen LogP contribution in [0.15, 0.2) is 108 Å². The van der Waals surface area contributed by atoms with Crippen LogP contribution in [0.3, 0.4) is 0 Å². The van der Waals surface area contributed by atoms with E-state index in [9.17, 15) is 9.90 Å². The summed E-state index contributed by atoms with van der Waals surface area (Å²) in [5.74, 6) is 1.83. The topological polar surface area (TPSA) is 106 Å². The highest BCUT2D eigenvalue weighted by atomic mass is 28.4. The van der Waals surface area contributed by atoms with E-state index in [1.54, 1.807) is 37.4 Å². The van der Waals surface area contributed by atoms with Crippen LogP contribution in [0.4, 0.5) is 0 Å². The van der Waals surface area contributed by atoms with Gasteiger partial charge in [-0.2, -0.15) is 0 Å². The van der Waals surface area contributed by atoms with Gasteiger partial charge in [0, 0.05) is 24.7 Å². The molecule has 0 spiro atoms. The highest BCUT2D eigenvalue weighted by molar-refractivity contribution is 6.74. The van der Waals surface area contributed by atoms with Crippen LogP contribution in [0.25, 0.3) is 5.78 Å². The molecule has 1 aliphatic rings. The predicted octanol–water partition coefficient (Wildman–Crippen LogP) is 6.17. The monoisotopic (exact) mass is 683 g/mol. The zero-order valence-corrected chi connectivity index (χ0v) is 30.1. The molecule has 0 aliphatic carbocycles. The van der Waals surface area contributed by atoms with Crippen molar-refractivity contribution < 1.29 is 28.5 Å². The molecular weight excluding hydrogens is 639 g/mol. The summed E-state index contributed by atoms with van der Waals surface area (Å²) >= 11 is 0. The van der Waals surface area contributed by atoms with Gasteiger partial charge in [0.25, 0.3) is 5.56 Å². The molecule has 10 nitrogen and oxygen atoms in total.